The van der Waals surface area contributed by atoms with Crippen LogP contribution in [0.3, 0.4) is 0 Å². The van der Waals surface area contributed by atoms with E-state index in [0.717, 1.165) is 27.3 Å². The quantitative estimate of drug-likeness (QED) is 0.363. The van der Waals surface area contributed by atoms with E-state index in [2.05, 4.69) is 4.98 Å². The van der Waals surface area contributed by atoms with Crippen LogP contribution in [-0.4, -0.2) is 40.8 Å². The van der Waals surface area contributed by atoms with Crippen molar-refractivity contribution in [1.29, 1.82) is 0 Å². The van der Waals surface area contributed by atoms with Crippen LogP contribution in [0.4, 0.5) is 0 Å². The highest BCUT2D eigenvalue weighted by molar-refractivity contribution is 7.99. The molecular weight excluding hydrogens is 398 g/mol. The van der Waals surface area contributed by atoms with Gasteiger partial charge in [0.05, 0.1) is 18.2 Å². The summed E-state index contributed by atoms with van der Waals surface area (Å²) in [5, 5.41) is 11.5. The third kappa shape index (κ3) is 6.16. The van der Waals surface area contributed by atoms with Crippen LogP contribution < -0.4 is 0 Å². The molecule has 1 heterocycles. The first-order valence-corrected chi connectivity index (χ1v) is 11.0. The normalized spacial score (nSPS) is 14.1. The van der Waals surface area contributed by atoms with Crippen molar-refractivity contribution < 1.29 is 19.4 Å². The van der Waals surface area contributed by atoms with Crippen LogP contribution in [0.25, 0.3) is 0 Å². The summed E-state index contributed by atoms with van der Waals surface area (Å²) in [4.78, 5) is 29.9. The molecule has 0 spiro atoms. The number of thioether (sulfide) groups is 1. The van der Waals surface area contributed by atoms with Gasteiger partial charge in [-0.05, 0) is 61.9 Å². The molecule has 0 radical (unpaired) electrons. The average molecular weight is 430 g/mol. The molecule has 5 nitrogen and oxygen atoms in total. The van der Waals surface area contributed by atoms with Gasteiger partial charge in [-0.25, -0.2) is 4.98 Å². The number of carbonyl (C=O) groups excluding carboxylic acids is 2. The third-order valence-electron chi connectivity index (χ3n) is 5.23. The molecule has 6 heteroatoms. The van der Waals surface area contributed by atoms with Gasteiger partial charge in [0.25, 0.3) is 0 Å². The number of carbonyl (C=O) groups is 2. The van der Waals surface area contributed by atoms with Gasteiger partial charge in [0, 0.05) is 18.4 Å². The van der Waals surface area contributed by atoms with Crippen molar-refractivity contribution in [3.63, 3.8) is 0 Å². The van der Waals surface area contributed by atoms with Gasteiger partial charge in [-0.15, -0.1) is 11.8 Å². The molecule has 0 aliphatic carbocycles. The summed E-state index contributed by atoms with van der Waals surface area (Å²) in [6, 6.07) is 7.85. The Labute approximate surface area is 183 Å². The van der Waals surface area contributed by atoms with Crippen LogP contribution in [0.1, 0.15) is 47.1 Å². The van der Waals surface area contributed by atoms with E-state index in [1.165, 1.54) is 7.11 Å². The van der Waals surface area contributed by atoms with Crippen molar-refractivity contribution in [3.05, 3.63) is 58.3 Å². The maximum atomic E-state index is 13.1. The van der Waals surface area contributed by atoms with Crippen LogP contribution >= 0.6 is 11.8 Å². The minimum Gasteiger partial charge on any atom is -0.468 e. The Hall–Kier alpha value is -2.18. The van der Waals surface area contributed by atoms with Gasteiger partial charge in [0.2, 0.25) is 0 Å². The van der Waals surface area contributed by atoms with Crippen LogP contribution in [0.5, 0.6) is 0 Å². The summed E-state index contributed by atoms with van der Waals surface area (Å²) in [5.41, 5.74) is 4.59. The van der Waals surface area contributed by atoms with Gasteiger partial charge in [0.15, 0.2) is 5.78 Å². The number of aryl methyl sites for hydroxylation is 4. The highest BCUT2D eigenvalue weighted by atomic mass is 32.2. The Bertz CT molecular complexity index is 872. The highest BCUT2D eigenvalue weighted by Gasteiger charge is 2.34. The first-order chi connectivity index (χ1) is 14.1. The lowest BCUT2D eigenvalue weighted by Gasteiger charge is -2.23. The van der Waals surface area contributed by atoms with Crippen molar-refractivity contribution >= 4 is 23.5 Å². The summed E-state index contributed by atoms with van der Waals surface area (Å²) in [6.07, 6.45) is 0.851. The number of rotatable bonds is 9. The topological polar surface area (TPSA) is 76.5 Å². The first-order valence-electron chi connectivity index (χ1n) is 10.1. The van der Waals surface area contributed by atoms with Crippen LogP contribution in [0.2, 0.25) is 0 Å². The lowest BCUT2D eigenvalue weighted by molar-refractivity contribution is -0.146. The van der Waals surface area contributed by atoms with Crippen LogP contribution in [0, 0.1) is 33.6 Å². The Morgan fingerprint density at radius 1 is 1.10 bits per heavy atom. The molecule has 2 rings (SSSR count). The number of hydrogen-bond acceptors (Lipinski definition) is 6. The zero-order chi connectivity index (χ0) is 22.4. The minimum atomic E-state index is -1.02. The van der Waals surface area contributed by atoms with E-state index in [1.54, 1.807) is 18.0 Å². The van der Waals surface area contributed by atoms with E-state index in [0.29, 0.717) is 11.3 Å². The predicted molar refractivity (Wildman–Crippen MR) is 120 cm³/mol. The van der Waals surface area contributed by atoms with Gasteiger partial charge in [-0.1, -0.05) is 30.7 Å². The number of pyridine rings is 1. The molecule has 3 atom stereocenters. The maximum absolute atomic E-state index is 13.1. The number of esters is 1. The molecule has 162 valence electrons. The number of Topliss-reactive ketones (excluding diaryl/α,β-unsaturated/α-hetero) is 1. The molecule has 2 aromatic rings. The highest BCUT2D eigenvalue weighted by Crippen LogP contribution is 2.30. The third-order valence-corrected chi connectivity index (χ3v) is 6.46. The van der Waals surface area contributed by atoms with Gasteiger partial charge in [-0.3, -0.25) is 9.59 Å². The summed E-state index contributed by atoms with van der Waals surface area (Å²) < 4.78 is 4.93. The SMILES string of the molecule is COC(=O)C(C(=O)CC(O)C(C)CSc1ccc(C)cn1)c1c(C)cc(C)cc1C. The van der Waals surface area contributed by atoms with Crippen molar-refractivity contribution in [2.24, 2.45) is 5.92 Å². The van der Waals surface area contributed by atoms with E-state index >= 15 is 0 Å². The summed E-state index contributed by atoms with van der Waals surface area (Å²) in [7, 11) is 1.28. The summed E-state index contributed by atoms with van der Waals surface area (Å²) in [6.45, 7) is 9.64. The van der Waals surface area contributed by atoms with Gasteiger partial charge in [-0.2, -0.15) is 0 Å². The first kappa shape index (κ1) is 24.1. The smallest absolute Gasteiger partial charge is 0.320 e. The van der Waals surface area contributed by atoms with Gasteiger partial charge in [0.1, 0.15) is 5.92 Å². The fourth-order valence-electron chi connectivity index (χ4n) is 3.57. The molecular formula is C24H31NO4S. The Morgan fingerprint density at radius 3 is 2.27 bits per heavy atom. The number of ether oxygens (including phenoxy) is 1. The Morgan fingerprint density at radius 2 is 1.73 bits per heavy atom. The van der Waals surface area contributed by atoms with Gasteiger partial charge >= 0.3 is 5.97 Å². The lowest BCUT2D eigenvalue weighted by Crippen LogP contribution is -2.30. The second-order valence-electron chi connectivity index (χ2n) is 7.97. The molecule has 0 aliphatic rings. The van der Waals surface area contributed by atoms with E-state index in [1.807, 2.05) is 58.9 Å². The molecule has 0 aliphatic heterocycles. The molecule has 1 aromatic carbocycles. The average Bonchev–Trinajstić information content (AvgIpc) is 2.69. The fourth-order valence-corrected chi connectivity index (χ4v) is 4.51. The zero-order valence-electron chi connectivity index (χ0n) is 18.6. The Kier molecular flexibility index (Phi) is 8.62. The molecule has 0 amide bonds. The number of ketones is 1. The number of hydrogen-bond donors (Lipinski definition) is 1. The monoisotopic (exact) mass is 429 g/mol. The summed E-state index contributed by atoms with van der Waals surface area (Å²) >= 11 is 1.54. The fraction of sp³-hybridized carbons (Fsp3) is 0.458. The molecule has 0 saturated carbocycles. The largest absolute Gasteiger partial charge is 0.468 e. The molecule has 0 bridgehead atoms. The number of aliphatic hydroxyl groups is 1. The number of nitrogens with zero attached hydrogens (tertiary/aromatic N) is 1. The van der Waals surface area contributed by atoms with E-state index < -0.39 is 18.0 Å². The zero-order valence-corrected chi connectivity index (χ0v) is 19.4. The van der Waals surface area contributed by atoms with Crippen molar-refractivity contribution in [2.75, 3.05) is 12.9 Å². The van der Waals surface area contributed by atoms with E-state index in [9.17, 15) is 14.7 Å². The minimum absolute atomic E-state index is 0.102. The molecule has 0 saturated heterocycles. The lowest BCUT2D eigenvalue weighted by atomic mass is 9.84. The van der Waals surface area contributed by atoms with Crippen LogP contribution in [-0.2, 0) is 14.3 Å². The molecule has 30 heavy (non-hydrogen) atoms. The molecule has 1 N–H and O–H groups in total. The van der Waals surface area contributed by atoms with Crippen LogP contribution in [0.15, 0.2) is 35.5 Å². The van der Waals surface area contributed by atoms with Crippen molar-refractivity contribution in [1.82, 2.24) is 4.98 Å². The number of benzene rings is 1. The second-order valence-corrected chi connectivity index (χ2v) is 9.01. The molecule has 3 unspecified atom stereocenters. The van der Waals surface area contributed by atoms with E-state index in [-0.39, 0.29) is 18.1 Å². The van der Waals surface area contributed by atoms with Gasteiger partial charge < -0.3 is 9.84 Å². The number of methoxy groups -OCH3 is 1. The Balaban J connectivity index is 2.11. The van der Waals surface area contributed by atoms with Crippen molar-refractivity contribution in [2.45, 2.75) is 58.1 Å². The van der Waals surface area contributed by atoms with E-state index in [4.69, 9.17) is 4.74 Å². The number of aromatic nitrogens is 1. The number of aliphatic hydroxyl groups excluding tert-OH is 1. The molecule has 0 fully saturated rings. The standard InChI is InChI=1S/C24H31NO4S/c1-14-7-8-21(25-12-14)30-13-18(5)19(26)11-20(27)23(24(28)29-6)22-16(3)9-15(2)10-17(22)4/h7-10,12,18-19,23,26H,11,13H2,1-6H3. The summed E-state index contributed by atoms with van der Waals surface area (Å²) in [5.74, 6) is -1.46. The van der Waals surface area contributed by atoms with Crippen molar-refractivity contribution in [3.8, 4) is 0 Å². The second kappa shape index (κ2) is 10.7. The maximum Gasteiger partial charge on any atom is 0.320 e. The molecule has 1 aromatic heterocycles. The predicted octanol–water partition coefficient (Wildman–Crippen LogP) is 4.32.